The van der Waals surface area contributed by atoms with E-state index in [1.165, 1.54) is 23.3 Å². The summed E-state index contributed by atoms with van der Waals surface area (Å²) in [7, 11) is 0. The molecule has 1 saturated heterocycles. The Labute approximate surface area is 178 Å². The molecule has 0 atom stereocenters. The van der Waals surface area contributed by atoms with Crippen LogP contribution in [0.15, 0.2) is 42.7 Å². The molecule has 1 aromatic heterocycles. The summed E-state index contributed by atoms with van der Waals surface area (Å²) in [6.45, 7) is 6.14. The first-order valence-electron chi connectivity index (χ1n) is 10.4. The van der Waals surface area contributed by atoms with E-state index in [0.717, 1.165) is 42.6 Å². The van der Waals surface area contributed by atoms with Crippen molar-refractivity contribution < 1.29 is 18.0 Å². The average Bonchev–Trinajstić information content (AvgIpc) is 3.10. The number of imidazole rings is 1. The molecule has 31 heavy (non-hydrogen) atoms. The van der Waals surface area contributed by atoms with E-state index in [1.54, 1.807) is 4.90 Å². The van der Waals surface area contributed by atoms with Crippen molar-refractivity contribution in [1.29, 1.82) is 0 Å². The molecule has 3 aromatic rings. The summed E-state index contributed by atoms with van der Waals surface area (Å²) in [5.41, 5.74) is 3.93. The minimum absolute atomic E-state index is 0.150. The smallest absolute Gasteiger partial charge is 0.330 e. The second-order valence-corrected chi connectivity index (χ2v) is 8.26. The number of carbonyl (C=O) groups excluding carboxylic acids is 1. The lowest BCUT2D eigenvalue weighted by Crippen LogP contribution is -2.41. The van der Waals surface area contributed by atoms with E-state index in [9.17, 15) is 18.0 Å². The molecule has 8 heteroatoms. The molecule has 1 aliphatic rings. The van der Waals surface area contributed by atoms with E-state index in [-0.39, 0.29) is 11.7 Å². The Hall–Kier alpha value is -3.03. The number of fused-ring (bicyclic) bond motifs is 1. The van der Waals surface area contributed by atoms with Crippen LogP contribution in [0.1, 0.15) is 29.5 Å². The highest BCUT2D eigenvalue weighted by Gasteiger charge is 2.31. The number of rotatable bonds is 3. The van der Waals surface area contributed by atoms with Crippen LogP contribution < -0.4 is 5.32 Å². The van der Waals surface area contributed by atoms with Gasteiger partial charge < -0.3 is 14.8 Å². The minimum atomic E-state index is -4.44. The number of nitrogens with zero attached hydrogens (tertiary/aromatic N) is 3. The third-order valence-electron chi connectivity index (χ3n) is 6.03. The summed E-state index contributed by atoms with van der Waals surface area (Å²) >= 11 is 0. The van der Waals surface area contributed by atoms with Crippen molar-refractivity contribution in [3.8, 4) is 0 Å². The highest BCUT2D eigenvalue weighted by atomic mass is 19.4. The van der Waals surface area contributed by atoms with Crippen LogP contribution in [-0.2, 0) is 12.7 Å². The molecule has 0 radical (unpaired) electrons. The number of nitrogens with one attached hydrogen (secondary N) is 1. The maximum atomic E-state index is 12.9. The van der Waals surface area contributed by atoms with Gasteiger partial charge in [-0.25, -0.2) is 9.78 Å². The number of halogens is 3. The molecule has 164 valence electrons. The number of hydrogen-bond acceptors (Lipinski definition) is 2. The number of hydrogen-bond donors (Lipinski definition) is 1. The predicted molar refractivity (Wildman–Crippen MR) is 114 cm³/mol. The molecule has 0 saturated carbocycles. The Morgan fingerprint density at radius 2 is 1.84 bits per heavy atom. The number of likely N-dealkylation sites (tertiary alicyclic amines) is 1. The summed E-state index contributed by atoms with van der Waals surface area (Å²) in [5, 5.41) is 2.59. The molecule has 0 aliphatic carbocycles. The van der Waals surface area contributed by atoms with Crippen molar-refractivity contribution in [2.24, 2.45) is 5.92 Å². The second-order valence-electron chi connectivity index (χ2n) is 8.26. The second kappa shape index (κ2) is 8.24. The molecule has 0 bridgehead atoms. The summed E-state index contributed by atoms with van der Waals surface area (Å²) in [6, 6.07) is 8.60. The zero-order valence-corrected chi connectivity index (χ0v) is 17.5. The fourth-order valence-corrected chi connectivity index (χ4v) is 4.03. The van der Waals surface area contributed by atoms with Crippen molar-refractivity contribution in [3.05, 3.63) is 59.4 Å². The van der Waals surface area contributed by atoms with Crippen LogP contribution in [-0.4, -0.2) is 33.6 Å². The Balaban J connectivity index is 1.35. The molecule has 2 heterocycles. The molecule has 1 N–H and O–H groups in total. The number of carbonyl (C=O) groups is 1. The van der Waals surface area contributed by atoms with Crippen LogP contribution in [0.3, 0.4) is 0 Å². The van der Waals surface area contributed by atoms with Gasteiger partial charge in [-0.1, -0.05) is 6.07 Å². The lowest BCUT2D eigenvalue weighted by Gasteiger charge is -2.32. The Morgan fingerprint density at radius 3 is 2.55 bits per heavy atom. The quantitative estimate of drug-likeness (QED) is 0.587. The number of piperidine rings is 1. The van der Waals surface area contributed by atoms with Gasteiger partial charge >= 0.3 is 12.2 Å². The van der Waals surface area contributed by atoms with Gasteiger partial charge in [0.15, 0.2) is 0 Å². The highest BCUT2D eigenvalue weighted by molar-refractivity contribution is 5.89. The van der Waals surface area contributed by atoms with Gasteiger partial charge in [0.25, 0.3) is 0 Å². The maximum Gasteiger partial charge on any atom is 0.416 e. The molecule has 4 rings (SSSR count). The Morgan fingerprint density at radius 1 is 1.13 bits per heavy atom. The third-order valence-corrected chi connectivity index (χ3v) is 6.03. The third kappa shape index (κ3) is 4.68. The maximum absolute atomic E-state index is 12.9. The number of alkyl halides is 3. The van der Waals surface area contributed by atoms with Gasteiger partial charge in [-0.2, -0.15) is 13.2 Å². The number of benzene rings is 2. The minimum Gasteiger partial charge on any atom is -0.330 e. The van der Waals surface area contributed by atoms with Gasteiger partial charge in [0, 0.05) is 25.3 Å². The monoisotopic (exact) mass is 430 g/mol. The van der Waals surface area contributed by atoms with E-state index in [1.807, 2.05) is 6.33 Å². The number of anilines is 1. The number of amides is 2. The molecule has 5 nitrogen and oxygen atoms in total. The summed E-state index contributed by atoms with van der Waals surface area (Å²) in [4.78, 5) is 18.7. The van der Waals surface area contributed by atoms with Crippen LogP contribution in [0.2, 0.25) is 0 Å². The topological polar surface area (TPSA) is 50.2 Å². The van der Waals surface area contributed by atoms with E-state index in [4.69, 9.17) is 0 Å². The van der Waals surface area contributed by atoms with Crippen LogP contribution >= 0.6 is 0 Å². The Bertz CT molecular complexity index is 1100. The zero-order chi connectivity index (χ0) is 22.2. The van der Waals surface area contributed by atoms with Gasteiger partial charge in [0.2, 0.25) is 0 Å². The first-order chi connectivity index (χ1) is 14.7. The molecule has 1 fully saturated rings. The van der Waals surface area contributed by atoms with Crippen LogP contribution in [0.4, 0.5) is 23.7 Å². The molecule has 0 unspecified atom stereocenters. The summed E-state index contributed by atoms with van der Waals surface area (Å²) in [6.07, 6.45) is -0.898. The van der Waals surface area contributed by atoms with Crippen molar-refractivity contribution in [2.45, 2.75) is 39.4 Å². The SMILES string of the molecule is Cc1cc2ncn(CC3CCN(C(=O)Nc4cccc(C(F)(F)F)c4)CC3)c2cc1C. The number of aromatic nitrogens is 2. The fourth-order valence-electron chi connectivity index (χ4n) is 4.03. The van der Waals surface area contributed by atoms with E-state index >= 15 is 0 Å². The fraction of sp³-hybridized carbons (Fsp3) is 0.391. The summed E-state index contributed by atoms with van der Waals surface area (Å²) in [5.74, 6) is 0.414. The van der Waals surface area contributed by atoms with Gasteiger partial charge in [-0.05, 0) is 74.1 Å². The van der Waals surface area contributed by atoms with Gasteiger partial charge in [-0.3, -0.25) is 0 Å². The van der Waals surface area contributed by atoms with Crippen molar-refractivity contribution in [3.63, 3.8) is 0 Å². The average molecular weight is 430 g/mol. The standard InChI is InChI=1S/C23H25F3N4O/c1-15-10-20-21(11-16(15)2)30(14-27-20)13-17-6-8-29(9-7-17)22(31)28-19-5-3-4-18(12-19)23(24,25)26/h3-5,10-12,14,17H,6-9,13H2,1-2H3,(H,28,31). The molecule has 2 aromatic carbocycles. The van der Waals surface area contributed by atoms with Gasteiger partial charge in [0.05, 0.1) is 22.9 Å². The van der Waals surface area contributed by atoms with E-state index in [0.29, 0.717) is 19.0 Å². The molecule has 2 amide bonds. The number of aryl methyl sites for hydroxylation is 2. The van der Waals surface area contributed by atoms with Gasteiger partial charge in [-0.15, -0.1) is 0 Å². The molecule has 1 aliphatic heterocycles. The van der Waals surface area contributed by atoms with Crippen molar-refractivity contribution >= 4 is 22.8 Å². The summed E-state index contributed by atoms with van der Waals surface area (Å²) < 4.78 is 40.8. The Kier molecular flexibility index (Phi) is 5.64. The van der Waals surface area contributed by atoms with E-state index < -0.39 is 11.7 Å². The number of urea groups is 1. The molecular weight excluding hydrogens is 405 g/mol. The van der Waals surface area contributed by atoms with Gasteiger partial charge in [0.1, 0.15) is 0 Å². The zero-order valence-electron chi connectivity index (χ0n) is 17.5. The highest BCUT2D eigenvalue weighted by Crippen LogP contribution is 2.31. The van der Waals surface area contributed by atoms with E-state index in [2.05, 4.69) is 40.8 Å². The normalized spacial score (nSPS) is 15.5. The van der Waals surface area contributed by atoms with Crippen LogP contribution in [0.5, 0.6) is 0 Å². The molecular formula is C23H25F3N4O. The van der Waals surface area contributed by atoms with Crippen LogP contribution in [0.25, 0.3) is 11.0 Å². The largest absolute Gasteiger partial charge is 0.416 e. The molecule has 0 spiro atoms. The van der Waals surface area contributed by atoms with Crippen molar-refractivity contribution in [1.82, 2.24) is 14.5 Å². The predicted octanol–water partition coefficient (Wildman–Crippen LogP) is 5.62. The lowest BCUT2D eigenvalue weighted by molar-refractivity contribution is -0.137. The van der Waals surface area contributed by atoms with Crippen molar-refractivity contribution in [2.75, 3.05) is 18.4 Å². The first-order valence-corrected chi connectivity index (χ1v) is 10.4. The van der Waals surface area contributed by atoms with Crippen LogP contribution in [0, 0.1) is 19.8 Å². The lowest BCUT2D eigenvalue weighted by atomic mass is 9.97. The first kappa shape index (κ1) is 21.2.